The molecule has 0 unspecified atom stereocenters. The highest BCUT2D eigenvalue weighted by Gasteiger charge is 2.35. The summed E-state index contributed by atoms with van der Waals surface area (Å²) < 4.78 is 0. The first-order valence-corrected chi connectivity index (χ1v) is 19.0. The van der Waals surface area contributed by atoms with E-state index in [0.29, 0.717) is 5.56 Å². The third-order valence-electron chi connectivity index (χ3n) is 10.1. The third-order valence-corrected chi connectivity index (χ3v) is 10.1. The Morgan fingerprint density at radius 1 is 0.630 bits per heavy atom. The first-order valence-electron chi connectivity index (χ1n) is 19.0. The van der Waals surface area contributed by atoms with Crippen LogP contribution in [-0.2, 0) is 44.8 Å². The summed E-state index contributed by atoms with van der Waals surface area (Å²) in [7, 11) is 0. The molecule has 2 aliphatic carbocycles. The van der Waals surface area contributed by atoms with Crippen molar-refractivity contribution < 1.29 is 48.6 Å². The van der Waals surface area contributed by atoms with Gasteiger partial charge in [-0.1, -0.05) is 94.5 Å². The molecule has 54 heavy (non-hydrogen) atoms. The highest BCUT2D eigenvalue weighted by molar-refractivity contribution is 5.97. The first-order chi connectivity index (χ1) is 25.7. The Morgan fingerprint density at radius 3 is 1.52 bits per heavy atom. The van der Waals surface area contributed by atoms with E-state index in [0.717, 1.165) is 64.2 Å². The molecule has 1 aromatic carbocycles. The van der Waals surface area contributed by atoms with E-state index in [1.807, 2.05) is 0 Å². The quantitative estimate of drug-likeness (QED) is 0.0895. The number of aliphatic carboxylic acids is 2. The van der Waals surface area contributed by atoms with Crippen LogP contribution >= 0.6 is 0 Å². The molecule has 2 aliphatic rings. The van der Waals surface area contributed by atoms with Crippen LogP contribution in [-0.4, -0.2) is 87.8 Å². The van der Waals surface area contributed by atoms with Gasteiger partial charge in [0.1, 0.15) is 30.2 Å². The van der Waals surface area contributed by atoms with Crippen LogP contribution in [0.5, 0.6) is 0 Å². The predicted octanol–water partition coefficient (Wildman–Crippen LogP) is 1.44. The number of hydrogen-bond donors (Lipinski definition) is 8. The van der Waals surface area contributed by atoms with Gasteiger partial charge in [-0.2, -0.15) is 0 Å². The molecule has 0 aliphatic heterocycles. The maximum atomic E-state index is 13.9. The lowest BCUT2D eigenvalue weighted by Gasteiger charge is -2.30. The van der Waals surface area contributed by atoms with Crippen LogP contribution in [0.1, 0.15) is 109 Å². The summed E-state index contributed by atoms with van der Waals surface area (Å²) in [6, 6.07) is 2.10. The number of nitrogens with one attached hydrogen (secondary N) is 5. The van der Waals surface area contributed by atoms with Crippen LogP contribution < -0.4 is 32.3 Å². The van der Waals surface area contributed by atoms with Gasteiger partial charge >= 0.3 is 11.9 Å². The van der Waals surface area contributed by atoms with Crippen molar-refractivity contribution in [1.82, 2.24) is 26.6 Å². The fourth-order valence-electron chi connectivity index (χ4n) is 7.30. The van der Waals surface area contributed by atoms with Gasteiger partial charge in [0.05, 0.1) is 6.42 Å². The second-order valence-corrected chi connectivity index (χ2v) is 14.6. The van der Waals surface area contributed by atoms with Crippen molar-refractivity contribution in [2.24, 2.45) is 17.6 Å². The highest BCUT2D eigenvalue weighted by atomic mass is 16.4. The molecule has 0 saturated heterocycles. The summed E-state index contributed by atoms with van der Waals surface area (Å²) >= 11 is 0. The summed E-state index contributed by atoms with van der Waals surface area (Å²) in [6.07, 6.45) is 8.06. The minimum absolute atomic E-state index is 0.0108. The molecule has 2 saturated carbocycles. The van der Waals surface area contributed by atoms with Crippen molar-refractivity contribution in [3.8, 4) is 0 Å². The SMILES string of the molecule is CC(=O)N[C@@H](CCC(N)=O)C(=O)N[C@@H](CC1CCCCC1)C(=O)N[C@@H](CC(=O)O)C(=O)N[C@@H](CC1CCCCC1)C(=O)N[C@@H](Cc1ccccc1)C(=O)O. The van der Waals surface area contributed by atoms with E-state index < -0.39 is 84.0 Å². The second-order valence-electron chi connectivity index (χ2n) is 14.6. The van der Waals surface area contributed by atoms with Crippen molar-refractivity contribution in [2.45, 2.75) is 140 Å². The fourth-order valence-corrected chi connectivity index (χ4v) is 7.30. The predicted molar refractivity (Wildman–Crippen MR) is 196 cm³/mol. The zero-order chi connectivity index (χ0) is 39.6. The second kappa shape index (κ2) is 22.3. The number of hydrogen-bond acceptors (Lipinski definition) is 8. The molecular formula is C38H56N6O10. The van der Waals surface area contributed by atoms with E-state index in [9.17, 15) is 48.6 Å². The third kappa shape index (κ3) is 15.5. The molecule has 16 heteroatoms. The number of carboxylic acids is 2. The van der Waals surface area contributed by atoms with Gasteiger partial charge in [0.15, 0.2) is 0 Å². The summed E-state index contributed by atoms with van der Waals surface area (Å²) in [5, 5.41) is 32.4. The molecule has 0 radical (unpaired) electrons. The minimum Gasteiger partial charge on any atom is -0.481 e. The molecule has 0 heterocycles. The molecule has 0 spiro atoms. The maximum absolute atomic E-state index is 13.9. The van der Waals surface area contributed by atoms with Gasteiger partial charge in [0.2, 0.25) is 35.4 Å². The molecule has 6 amide bonds. The Kier molecular flexibility index (Phi) is 17.9. The molecule has 1 aromatic rings. The van der Waals surface area contributed by atoms with E-state index in [4.69, 9.17) is 5.73 Å². The summed E-state index contributed by atoms with van der Waals surface area (Å²) in [5.74, 6) is -7.15. The lowest BCUT2D eigenvalue weighted by Crippen LogP contribution is -2.59. The normalized spacial score (nSPS) is 17.7. The van der Waals surface area contributed by atoms with Gasteiger partial charge in [-0.05, 0) is 36.7 Å². The van der Waals surface area contributed by atoms with Crippen LogP contribution in [0.3, 0.4) is 0 Å². The molecule has 2 fully saturated rings. The number of amides is 6. The standard InChI is InChI=1S/C38H56N6O10/c1-23(45)40-27(17-18-32(39)46)34(49)41-28(19-24-11-5-2-6-12-24)35(50)43-30(22-33(47)48)37(52)42-29(20-25-13-7-3-8-14-25)36(51)44-31(38(53)54)21-26-15-9-4-10-16-26/h4,9-10,15-16,24-25,27-31H,2-3,5-8,11-14,17-22H2,1H3,(H2,39,46)(H,40,45)(H,41,49)(H,42,52)(H,43,50)(H,44,51)(H,47,48)(H,53,54)/t27-,28-,29-,30-,31-/m0/s1. The number of nitrogens with two attached hydrogens (primary N) is 1. The lowest BCUT2D eigenvalue weighted by molar-refractivity contribution is -0.143. The Bertz CT molecular complexity index is 1460. The first kappa shape index (κ1) is 43.4. The van der Waals surface area contributed by atoms with Gasteiger partial charge in [-0.15, -0.1) is 0 Å². The van der Waals surface area contributed by atoms with Crippen LogP contribution in [0, 0.1) is 11.8 Å². The molecule has 0 aromatic heterocycles. The zero-order valence-electron chi connectivity index (χ0n) is 31.0. The zero-order valence-corrected chi connectivity index (χ0v) is 31.0. The molecule has 5 atom stereocenters. The van der Waals surface area contributed by atoms with Crippen molar-refractivity contribution in [1.29, 1.82) is 0 Å². The van der Waals surface area contributed by atoms with E-state index in [-0.39, 0.29) is 43.9 Å². The maximum Gasteiger partial charge on any atom is 0.326 e. The topological polar surface area (TPSA) is 263 Å². The van der Waals surface area contributed by atoms with Gasteiger partial charge < -0.3 is 42.5 Å². The Labute approximate surface area is 315 Å². The molecule has 9 N–H and O–H groups in total. The molecule has 3 rings (SSSR count). The van der Waals surface area contributed by atoms with E-state index in [1.165, 1.54) is 6.92 Å². The van der Waals surface area contributed by atoms with Crippen molar-refractivity contribution in [2.75, 3.05) is 0 Å². The van der Waals surface area contributed by atoms with Crippen LogP contribution in [0.15, 0.2) is 30.3 Å². The molecule has 16 nitrogen and oxygen atoms in total. The smallest absolute Gasteiger partial charge is 0.326 e. The fraction of sp³-hybridized carbons (Fsp3) is 0.632. The van der Waals surface area contributed by atoms with Crippen LogP contribution in [0.2, 0.25) is 0 Å². The van der Waals surface area contributed by atoms with E-state index >= 15 is 0 Å². The number of benzene rings is 1. The summed E-state index contributed by atoms with van der Waals surface area (Å²) in [4.78, 5) is 102. The number of carbonyl (C=O) groups is 8. The van der Waals surface area contributed by atoms with Gasteiger partial charge in [0.25, 0.3) is 0 Å². The largest absolute Gasteiger partial charge is 0.481 e. The number of rotatable bonds is 21. The van der Waals surface area contributed by atoms with Crippen molar-refractivity contribution in [3.63, 3.8) is 0 Å². The number of primary amides is 1. The number of carboxylic acid groups (broad SMARTS) is 2. The van der Waals surface area contributed by atoms with Gasteiger partial charge in [-0.25, -0.2) is 4.79 Å². The van der Waals surface area contributed by atoms with Crippen LogP contribution in [0.25, 0.3) is 0 Å². The van der Waals surface area contributed by atoms with Gasteiger partial charge in [0, 0.05) is 19.8 Å². The average Bonchev–Trinajstić information content (AvgIpc) is 3.12. The minimum atomic E-state index is -1.66. The Balaban J connectivity index is 1.83. The highest BCUT2D eigenvalue weighted by Crippen LogP contribution is 2.29. The van der Waals surface area contributed by atoms with Crippen LogP contribution in [0.4, 0.5) is 0 Å². The molecule has 0 bridgehead atoms. The summed E-state index contributed by atoms with van der Waals surface area (Å²) in [6.45, 7) is 1.19. The summed E-state index contributed by atoms with van der Waals surface area (Å²) in [5.41, 5.74) is 5.93. The number of carbonyl (C=O) groups excluding carboxylic acids is 6. The van der Waals surface area contributed by atoms with E-state index in [2.05, 4.69) is 26.6 Å². The van der Waals surface area contributed by atoms with E-state index in [1.54, 1.807) is 30.3 Å². The van der Waals surface area contributed by atoms with Crippen molar-refractivity contribution >= 4 is 47.4 Å². The molecular weight excluding hydrogens is 700 g/mol. The lowest BCUT2D eigenvalue weighted by atomic mass is 9.84. The Morgan fingerprint density at radius 2 is 1.07 bits per heavy atom. The van der Waals surface area contributed by atoms with Gasteiger partial charge in [-0.3, -0.25) is 33.6 Å². The Hall–Kier alpha value is -5.02. The molecule has 298 valence electrons. The average molecular weight is 757 g/mol. The monoisotopic (exact) mass is 756 g/mol. The van der Waals surface area contributed by atoms with Crippen molar-refractivity contribution in [3.05, 3.63) is 35.9 Å².